The highest BCUT2D eigenvalue weighted by Gasteiger charge is 2.13. The predicted octanol–water partition coefficient (Wildman–Crippen LogP) is 3.06. The van der Waals surface area contributed by atoms with E-state index < -0.39 is 0 Å². The Bertz CT molecular complexity index is 618. The molecule has 0 aliphatic carbocycles. The van der Waals surface area contributed by atoms with Gasteiger partial charge in [-0.25, -0.2) is 0 Å². The maximum Gasteiger partial charge on any atom is 0.224 e. The van der Waals surface area contributed by atoms with Crippen molar-refractivity contribution in [2.24, 2.45) is 0 Å². The Kier molecular flexibility index (Phi) is 6.22. The summed E-state index contributed by atoms with van der Waals surface area (Å²) < 4.78 is 0. The predicted molar refractivity (Wildman–Crippen MR) is 93.6 cm³/mol. The van der Waals surface area contributed by atoms with Crippen molar-refractivity contribution in [1.82, 2.24) is 10.6 Å². The largest absolute Gasteiger partial charge is 0.356 e. The van der Waals surface area contributed by atoms with Gasteiger partial charge in [0.2, 0.25) is 5.91 Å². The summed E-state index contributed by atoms with van der Waals surface area (Å²) in [6.45, 7) is 1.88. The summed E-state index contributed by atoms with van der Waals surface area (Å²) in [4.78, 5) is 12.1. The van der Waals surface area contributed by atoms with Gasteiger partial charge >= 0.3 is 0 Å². The van der Waals surface area contributed by atoms with Crippen molar-refractivity contribution < 1.29 is 4.79 Å². The molecule has 1 saturated heterocycles. The van der Waals surface area contributed by atoms with Crippen LogP contribution in [-0.2, 0) is 11.2 Å². The summed E-state index contributed by atoms with van der Waals surface area (Å²) in [5.41, 5.74) is 1.10. The molecule has 1 amide bonds. The number of amides is 1. The van der Waals surface area contributed by atoms with Gasteiger partial charge in [-0.1, -0.05) is 42.5 Å². The Morgan fingerprint density at radius 1 is 1.18 bits per heavy atom. The maximum absolute atomic E-state index is 12.1. The number of carbonyl (C=O) groups excluding carboxylic acids is 1. The summed E-state index contributed by atoms with van der Waals surface area (Å²) in [5, 5.41) is 8.86. The molecule has 22 heavy (non-hydrogen) atoms. The topological polar surface area (TPSA) is 41.1 Å². The van der Waals surface area contributed by atoms with Crippen molar-refractivity contribution in [2.45, 2.75) is 31.7 Å². The van der Waals surface area contributed by atoms with Crippen molar-refractivity contribution in [1.29, 1.82) is 0 Å². The highest BCUT2D eigenvalue weighted by Crippen LogP contribution is 2.18. The van der Waals surface area contributed by atoms with E-state index in [1.807, 2.05) is 24.3 Å². The second kappa shape index (κ2) is 8.16. The quantitative estimate of drug-likeness (QED) is 0.889. The fraction of sp³-hybridized carbons (Fsp3) is 0.389. The molecule has 0 bridgehead atoms. The lowest BCUT2D eigenvalue weighted by molar-refractivity contribution is -0.120. The van der Waals surface area contributed by atoms with Crippen LogP contribution in [0.3, 0.4) is 0 Å². The Hall–Kier alpha value is -1.58. The molecule has 1 heterocycles. The first-order chi connectivity index (χ1) is 10.3. The second-order valence-electron chi connectivity index (χ2n) is 5.75. The van der Waals surface area contributed by atoms with Crippen LogP contribution < -0.4 is 10.6 Å². The maximum atomic E-state index is 12.1. The minimum Gasteiger partial charge on any atom is -0.356 e. The molecule has 2 aromatic carbocycles. The Labute approximate surface area is 137 Å². The van der Waals surface area contributed by atoms with E-state index in [0.29, 0.717) is 12.5 Å². The van der Waals surface area contributed by atoms with E-state index >= 15 is 0 Å². The molecule has 0 unspecified atom stereocenters. The molecule has 1 aliphatic rings. The van der Waals surface area contributed by atoms with Crippen LogP contribution in [0.2, 0.25) is 0 Å². The molecule has 3 rings (SSSR count). The third kappa shape index (κ3) is 4.21. The monoisotopic (exact) mass is 318 g/mol. The van der Waals surface area contributed by atoms with E-state index in [-0.39, 0.29) is 18.3 Å². The molecule has 0 aromatic heterocycles. The molecule has 2 N–H and O–H groups in total. The Morgan fingerprint density at radius 2 is 2.00 bits per heavy atom. The first-order valence-corrected chi connectivity index (χ1v) is 7.79. The minimum atomic E-state index is 0. The summed E-state index contributed by atoms with van der Waals surface area (Å²) in [6, 6.07) is 15.0. The smallest absolute Gasteiger partial charge is 0.224 e. The summed E-state index contributed by atoms with van der Waals surface area (Å²) >= 11 is 0. The number of halogens is 1. The molecule has 1 atom stereocenters. The SMILES string of the molecule is Cl.O=C(Cc1cccc2ccccc12)NCC[C@H]1CCCN1. The highest BCUT2D eigenvalue weighted by molar-refractivity contribution is 5.90. The lowest BCUT2D eigenvalue weighted by atomic mass is 10.0. The fourth-order valence-corrected chi connectivity index (χ4v) is 3.07. The minimum absolute atomic E-state index is 0. The van der Waals surface area contributed by atoms with Gasteiger partial charge in [0.25, 0.3) is 0 Å². The zero-order valence-electron chi connectivity index (χ0n) is 12.7. The standard InChI is InChI=1S/C18H22N2O.ClH/c21-18(20-12-10-16-8-4-11-19-16)13-15-7-3-6-14-5-1-2-9-17(14)15;/h1-3,5-7,9,16,19H,4,8,10-13H2,(H,20,21);1H/t16-;/m1./s1. The van der Waals surface area contributed by atoms with Crippen LogP contribution in [0.5, 0.6) is 0 Å². The average Bonchev–Trinajstić information content (AvgIpc) is 3.01. The van der Waals surface area contributed by atoms with E-state index in [1.54, 1.807) is 0 Å². The van der Waals surface area contributed by atoms with Crippen LogP contribution >= 0.6 is 12.4 Å². The molecule has 0 spiro atoms. The van der Waals surface area contributed by atoms with Crippen LogP contribution in [0.15, 0.2) is 42.5 Å². The van der Waals surface area contributed by atoms with E-state index in [1.165, 1.54) is 23.6 Å². The number of rotatable bonds is 5. The molecule has 0 saturated carbocycles. The first kappa shape index (κ1) is 16.8. The normalized spacial score (nSPS) is 17.2. The third-order valence-corrected chi connectivity index (χ3v) is 4.21. The van der Waals surface area contributed by atoms with Gasteiger partial charge in [0.1, 0.15) is 0 Å². The zero-order chi connectivity index (χ0) is 14.5. The number of carbonyl (C=O) groups is 1. The second-order valence-corrected chi connectivity index (χ2v) is 5.75. The van der Waals surface area contributed by atoms with Crippen molar-refractivity contribution in [3.63, 3.8) is 0 Å². The number of nitrogens with one attached hydrogen (secondary N) is 2. The number of hydrogen-bond acceptors (Lipinski definition) is 2. The zero-order valence-corrected chi connectivity index (χ0v) is 13.5. The third-order valence-electron chi connectivity index (χ3n) is 4.21. The summed E-state index contributed by atoms with van der Waals surface area (Å²) in [7, 11) is 0. The van der Waals surface area contributed by atoms with Gasteiger partial charge in [0.15, 0.2) is 0 Å². The van der Waals surface area contributed by atoms with Gasteiger partial charge < -0.3 is 10.6 Å². The summed E-state index contributed by atoms with van der Waals surface area (Å²) in [6.07, 6.45) is 3.98. The van der Waals surface area contributed by atoms with Crippen LogP contribution in [0.4, 0.5) is 0 Å². The van der Waals surface area contributed by atoms with Crippen LogP contribution in [-0.4, -0.2) is 25.0 Å². The number of fused-ring (bicyclic) bond motifs is 1. The van der Waals surface area contributed by atoms with Gasteiger partial charge in [-0.05, 0) is 42.1 Å². The lowest BCUT2D eigenvalue weighted by Gasteiger charge is -2.11. The number of benzene rings is 2. The molecule has 118 valence electrons. The number of hydrogen-bond donors (Lipinski definition) is 2. The lowest BCUT2D eigenvalue weighted by Crippen LogP contribution is -2.31. The summed E-state index contributed by atoms with van der Waals surface area (Å²) in [5.74, 6) is 0.115. The first-order valence-electron chi connectivity index (χ1n) is 7.79. The molecule has 1 fully saturated rings. The Balaban J connectivity index is 0.00000176. The fourth-order valence-electron chi connectivity index (χ4n) is 3.07. The van der Waals surface area contributed by atoms with E-state index in [0.717, 1.165) is 25.1 Å². The van der Waals surface area contributed by atoms with Crippen molar-refractivity contribution in [3.05, 3.63) is 48.0 Å². The van der Waals surface area contributed by atoms with Gasteiger partial charge in [-0.2, -0.15) is 0 Å². The van der Waals surface area contributed by atoms with Crippen molar-refractivity contribution in [3.8, 4) is 0 Å². The molecule has 1 aliphatic heterocycles. The highest BCUT2D eigenvalue weighted by atomic mass is 35.5. The molecule has 0 radical (unpaired) electrons. The molecule has 4 heteroatoms. The van der Waals surface area contributed by atoms with Crippen LogP contribution in [0, 0.1) is 0 Å². The average molecular weight is 319 g/mol. The van der Waals surface area contributed by atoms with Gasteiger partial charge in [0, 0.05) is 12.6 Å². The molecular formula is C18H23ClN2O. The van der Waals surface area contributed by atoms with E-state index in [2.05, 4.69) is 28.8 Å². The van der Waals surface area contributed by atoms with Crippen molar-refractivity contribution in [2.75, 3.05) is 13.1 Å². The molecular weight excluding hydrogens is 296 g/mol. The molecule has 2 aromatic rings. The van der Waals surface area contributed by atoms with Gasteiger partial charge in [-0.15, -0.1) is 12.4 Å². The van der Waals surface area contributed by atoms with Crippen molar-refractivity contribution >= 4 is 29.1 Å². The van der Waals surface area contributed by atoms with E-state index in [4.69, 9.17) is 0 Å². The molecule has 3 nitrogen and oxygen atoms in total. The van der Waals surface area contributed by atoms with E-state index in [9.17, 15) is 4.79 Å². The van der Waals surface area contributed by atoms with Crippen LogP contribution in [0.25, 0.3) is 10.8 Å². The Morgan fingerprint density at radius 3 is 2.82 bits per heavy atom. The van der Waals surface area contributed by atoms with Gasteiger partial charge in [0.05, 0.1) is 6.42 Å². The van der Waals surface area contributed by atoms with Crippen LogP contribution in [0.1, 0.15) is 24.8 Å². The van der Waals surface area contributed by atoms with Gasteiger partial charge in [-0.3, -0.25) is 4.79 Å².